The van der Waals surface area contributed by atoms with Gasteiger partial charge in [0.2, 0.25) is 10.0 Å². The molecular formula is C50H53Cl2N3O9S. The van der Waals surface area contributed by atoms with Gasteiger partial charge in [0.05, 0.1) is 41.5 Å². The second-order valence-electron chi connectivity index (χ2n) is 16.8. The van der Waals surface area contributed by atoms with Gasteiger partial charge in [-0.05, 0) is 109 Å². The summed E-state index contributed by atoms with van der Waals surface area (Å²) < 4.78 is 58.4. The Labute approximate surface area is 390 Å². The summed E-state index contributed by atoms with van der Waals surface area (Å²) in [7, 11) is -0.791. The number of pyridine rings is 1. The highest BCUT2D eigenvalue weighted by molar-refractivity contribution is 7.89. The van der Waals surface area contributed by atoms with E-state index >= 15 is 0 Å². The minimum Gasteiger partial charge on any atom is -0.493 e. The Hall–Kier alpha value is -5.18. The Kier molecular flexibility index (Phi) is 15.0. The largest absolute Gasteiger partial charge is 0.493 e. The van der Waals surface area contributed by atoms with Gasteiger partial charge in [0, 0.05) is 44.4 Å². The molecule has 0 spiro atoms. The van der Waals surface area contributed by atoms with Gasteiger partial charge in [-0.25, -0.2) is 8.42 Å². The van der Waals surface area contributed by atoms with Gasteiger partial charge < -0.3 is 23.7 Å². The number of ether oxygens (including phenoxy) is 5. The molecule has 1 aromatic heterocycles. The van der Waals surface area contributed by atoms with E-state index in [1.807, 2.05) is 54.6 Å². The fraction of sp³-hybridized carbons (Fsp3) is 0.380. The first-order valence-electron chi connectivity index (χ1n) is 22.0. The van der Waals surface area contributed by atoms with Crippen LogP contribution in [0.15, 0.2) is 114 Å². The van der Waals surface area contributed by atoms with Gasteiger partial charge in [-0.15, -0.1) is 0 Å². The molecule has 3 atom stereocenters. The van der Waals surface area contributed by atoms with Crippen LogP contribution in [0.4, 0.5) is 0 Å². The average molecular weight is 943 g/mol. The molecule has 4 fully saturated rings. The third kappa shape index (κ3) is 11.1. The number of nitrogens with zero attached hydrogens (tertiary/aromatic N) is 3. The smallest absolute Gasteiger partial charge is 0.309 e. The number of carbonyl (C=O) groups excluding carboxylic acids is 2. The number of sulfonamides is 1. The number of hydrogen-bond donors (Lipinski definition) is 0. The summed E-state index contributed by atoms with van der Waals surface area (Å²) in [4.78, 5) is 33.7. The van der Waals surface area contributed by atoms with E-state index in [1.54, 1.807) is 42.5 Å². The van der Waals surface area contributed by atoms with Crippen molar-refractivity contribution in [3.05, 3.63) is 147 Å². The zero-order chi connectivity index (χ0) is 45.5. The summed E-state index contributed by atoms with van der Waals surface area (Å²) in [5, 5.41) is 0.679. The molecule has 4 saturated heterocycles. The Morgan fingerprint density at radius 2 is 1.46 bits per heavy atom. The zero-order valence-corrected chi connectivity index (χ0v) is 38.8. The van der Waals surface area contributed by atoms with E-state index in [0.29, 0.717) is 44.3 Å². The lowest BCUT2D eigenvalue weighted by Gasteiger charge is -2.44. The van der Waals surface area contributed by atoms with Crippen molar-refractivity contribution in [2.24, 2.45) is 11.8 Å². The molecule has 4 aromatic carbocycles. The number of benzene rings is 4. The average Bonchev–Trinajstić information content (AvgIpc) is 3.34. The number of halogens is 2. The summed E-state index contributed by atoms with van der Waals surface area (Å²) >= 11 is 12.9. The highest BCUT2D eigenvalue weighted by Gasteiger charge is 2.37. The van der Waals surface area contributed by atoms with Crippen molar-refractivity contribution in [2.75, 3.05) is 46.9 Å². The number of piperidine rings is 4. The van der Waals surface area contributed by atoms with Crippen LogP contribution in [0, 0.1) is 11.8 Å². The second-order valence-corrected chi connectivity index (χ2v) is 19.6. The van der Waals surface area contributed by atoms with Crippen LogP contribution in [-0.2, 0) is 42.1 Å². The molecule has 0 aliphatic carbocycles. The Balaban J connectivity index is 0.873. The first-order chi connectivity index (χ1) is 31.5. The lowest BCUT2D eigenvalue weighted by atomic mass is 9.85. The molecule has 4 aliphatic heterocycles. The maximum absolute atomic E-state index is 13.8. The van der Waals surface area contributed by atoms with Gasteiger partial charge in [-0.3, -0.25) is 19.5 Å². The van der Waals surface area contributed by atoms with Crippen molar-refractivity contribution in [1.82, 2.24) is 14.2 Å². The highest BCUT2D eigenvalue weighted by Crippen LogP contribution is 2.38. The van der Waals surface area contributed by atoms with Crippen molar-refractivity contribution in [1.29, 1.82) is 0 Å². The maximum Gasteiger partial charge on any atom is 0.309 e. The standard InChI is InChI=1S/C50H53Cl2N3O9S/c1-60-45-16-13-38(26-47(45)61-2)46(27-42-43(51)29-53-30-44(42)52)64-50(57)36-19-23-55(24-20-36)65(58,59)40-14-11-33(12-15-40)32-62-39-10-6-9-37(25-39)41(34-7-4-3-5-8-34)28-49(56)63-48-31-54-21-17-35(48)18-22-54/h3-16,25-26,29-30,35-36,41,46,48H,17-24,27-28,31-32H2,1-2H3/t41-,46-,48-/m0/s1. The van der Waals surface area contributed by atoms with Crippen LogP contribution in [0.3, 0.4) is 0 Å². The molecule has 0 amide bonds. The van der Waals surface area contributed by atoms with Gasteiger partial charge in [-0.2, -0.15) is 4.31 Å². The van der Waals surface area contributed by atoms with Gasteiger partial charge in [0.25, 0.3) is 0 Å². The van der Waals surface area contributed by atoms with Crippen LogP contribution in [-0.4, -0.2) is 87.6 Å². The number of esters is 2. The van der Waals surface area contributed by atoms with Crippen LogP contribution in [0.2, 0.25) is 10.0 Å². The number of hydrogen-bond acceptors (Lipinski definition) is 11. The fourth-order valence-corrected chi connectivity index (χ4v) is 11.1. The number of rotatable bonds is 17. The minimum absolute atomic E-state index is 0.0527. The minimum atomic E-state index is -3.85. The molecule has 342 valence electrons. The van der Waals surface area contributed by atoms with E-state index in [4.69, 9.17) is 46.9 Å². The predicted molar refractivity (Wildman–Crippen MR) is 247 cm³/mol. The molecule has 12 nitrogen and oxygen atoms in total. The van der Waals surface area contributed by atoms with Crippen LogP contribution >= 0.6 is 23.2 Å². The number of fused-ring (bicyclic) bond motifs is 3. The van der Waals surface area contributed by atoms with E-state index in [0.717, 1.165) is 49.2 Å². The van der Waals surface area contributed by atoms with E-state index in [1.165, 1.54) is 30.9 Å². The van der Waals surface area contributed by atoms with E-state index < -0.39 is 28.0 Å². The van der Waals surface area contributed by atoms with Crippen molar-refractivity contribution >= 4 is 45.2 Å². The molecule has 0 saturated carbocycles. The SMILES string of the molecule is COc1ccc([C@H](Cc2c(Cl)cncc2Cl)OC(=O)C2CCN(S(=O)(=O)c3ccc(COc4cccc([C@@H](CC(=O)O[C@H]5CN6CCC5CC6)c5ccccc5)c4)cc3)CC2)cc1OC. The normalized spacial score (nSPS) is 19.8. The molecule has 0 radical (unpaired) electrons. The van der Waals surface area contributed by atoms with Crippen LogP contribution in [0.25, 0.3) is 0 Å². The lowest BCUT2D eigenvalue weighted by molar-refractivity contribution is -0.159. The van der Waals surface area contributed by atoms with E-state index in [9.17, 15) is 18.0 Å². The zero-order valence-electron chi connectivity index (χ0n) is 36.4. The maximum atomic E-state index is 13.8. The Bertz CT molecular complexity index is 2530. The van der Waals surface area contributed by atoms with Crippen molar-refractivity contribution < 1.29 is 41.7 Å². The molecule has 9 rings (SSSR count). The first kappa shape index (κ1) is 46.4. The quantitative estimate of drug-likeness (QED) is 0.0827. The molecule has 15 heteroatoms. The monoisotopic (exact) mass is 941 g/mol. The van der Waals surface area contributed by atoms with Crippen LogP contribution in [0.1, 0.15) is 71.9 Å². The summed E-state index contributed by atoms with van der Waals surface area (Å²) in [6.45, 7) is 3.47. The lowest BCUT2D eigenvalue weighted by Crippen LogP contribution is -2.52. The van der Waals surface area contributed by atoms with Crippen LogP contribution < -0.4 is 14.2 Å². The fourth-order valence-electron chi connectivity index (χ4n) is 9.10. The summed E-state index contributed by atoms with van der Waals surface area (Å²) in [5.41, 5.74) is 3.97. The van der Waals surface area contributed by atoms with Gasteiger partial charge >= 0.3 is 11.9 Å². The number of methoxy groups -OCH3 is 2. The molecular weight excluding hydrogens is 890 g/mol. The summed E-state index contributed by atoms with van der Waals surface area (Å²) in [6.07, 6.45) is 5.24. The van der Waals surface area contributed by atoms with Gasteiger partial charge in [-0.1, -0.05) is 83.9 Å². The van der Waals surface area contributed by atoms with E-state index in [2.05, 4.69) is 9.88 Å². The molecule has 4 aliphatic rings. The number of carbonyl (C=O) groups is 2. The number of aromatic nitrogens is 1. The third-order valence-corrected chi connectivity index (χ3v) is 15.4. The second kappa shape index (κ2) is 21.0. The Morgan fingerprint density at radius 1 is 0.769 bits per heavy atom. The van der Waals surface area contributed by atoms with Crippen molar-refractivity contribution in [3.63, 3.8) is 0 Å². The van der Waals surface area contributed by atoms with Crippen molar-refractivity contribution in [2.45, 2.75) is 68.2 Å². The summed E-state index contributed by atoms with van der Waals surface area (Å²) in [6, 6.07) is 29.6. The van der Waals surface area contributed by atoms with Gasteiger partial charge in [0.1, 0.15) is 24.6 Å². The van der Waals surface area contributed by atoms with Gasteiger partial charge in [0.15, 0.2) is 11.5 Å². The molecule has 0 unspecified atom stereocenters. The molecule has 0 N–H and O–H groups in total. The first-order valence-corrected chi connectivity index (χ1v) is 24.2. The highest BCUT2D eigenvalue weighted by atomic mass is 35.5. The van der Waals surface area contributed by atoms with E-state index in [-0.39, 0.29) is 68.3 Å². The molecule has 65 heavy (non-hydrogen) atoms. The van der Waals surface area contributed by atoms with Crippen LogP contribution in [0.5, 0.6) is 17.2 Å². The predicted octanol–water partition coefficient (Wildman–Crippen LogP) is 9.07. The molecule has 5 aromatic rings. The third-order valence-electron chi connectivity index (χ3n) is 12.8. The van der Waals surface area contributed by atoms with Crippen molar-refractivity contribution in [3.8, 4) is 17.2 Å². The topological polar surface area (TPSA) is 134 Å². The Morgan fingerprint density at radius 3 is 2.12 bits per heavy atom. The molecule has 2 bridgehead atoms. The summed E-state index contributed by atoms with van der Waals surface area (Å²) in [5.74, 6) is 0.654. The molecule has 5 heterocycles.